The molecule has 2 saturated carbocycles. The average molecular weight is 761 g/mol. The van der Waals surface area contributed by atoms with Gasteiger partial charge in [-0.15, -0.1) is 0 Å². The second-order valence-corrected chi connectivity index (χ2v) is 15.9. The Balaban J connectivity index is 1.05. The van der Waals surface area contributed by atoms with E-state index in [2.05, 4.69) is 15.6 Å². The summed E-state index contributed by atoms with van der Waals surface area (Å²) in [5, 5.41) is 53.5. The number of carbonyl (C=O) groups is 1. The molecule has 1 saturated heterocycles. The first-order valence-corrected chi connectivity index (χ1v) is 19.2. The number of aliphatic hydroxyl groups excluding tert-OH is 5. The first kappa shape index (κ1) is 38.3. The van der Waals surface area contributed by atoms with Crippen LogP contribution in [0.15, 0.2) is 65.8 Å². The molecule has 2 amide bonds. The third kappa shape index (κ3) is 8.86. The predicted molar refractivity (Wildman–Crippen MR) is 190 cm³/mol. The van der Waals surface area contributed by atoms with Crippen molar-refractivity contribution in [1.82, 2.24) is 19.9 Å². The molecule has 1 aromatic heterocycles. The molecule has 3 aliphatic rings. The van der Waals surface area contributed by atoms with E-state index < -0.39 is 59.2 Å². The summed E-state index contributed by atoms with van der Waals surface area (Å²) in [5.74, 6) is 0.822. The van der Waals surface area contributed by atoms with Crippen molar-refractivity contribution in [1.29, 1.82) is 0 Å². The largest absolute Gasteiger partial charge is 0.490 e. The first-order chi connectivity index (χ1) is 24.9. The molecule has 0 spiro atoms. The number of para-hydroxylation sites is 1. The number of urea groups is 1. The van der Waals surface area contributed by atoms with Gasteiger partial charge in [0.1, 0.15) is 24.1 Å². The van der Waals surface area contributed by atoms with E-state index in [1.54, 1.807) is 18.3 Å². The fourth-order valence-electron chi connectivity index (χ4n) is 6.30. The molecule has 282 valence electrons. The highest BCUT2D eigenvalue weighted by molar-refractivity contribution is 7.89. The topological polar surface area (TPSA) is 211 Å². The lowest BCUT2D eigenvalue weighted by molar-refractivity contribution is -0.113. The number of piperidine rings is 1. The van der Waals surface area contributed by atoms with Crippen molar-refractivity contribution in [3.63, 3.8) is 0 Å². The van der Waals surface area contributed by atoms with Crippen molar-refractivity contribution in [3.8, 4) is 16.9 Å². The van der Waals surface area contributed by atoms with Gasteiger partial charge < -0.3 is 45.6 Å². The molecule has 14 nitrogen and oxygen atoms in total. The summed E-state index contributed by atoms with van der Waals surface area (Å²) in [6.45, 7) is -0.876. The summed E-state index contributed by atoms with van der Waals surface area (Å²) in [6, 6.07) is 13.5. The Hall–Kier alpha value is -3.38. The van der Waals surface area contributed by atoms with Gasteiger partial charge in [-0.1, -0.05) is 29.8 Å². The third-order valence-electron chi connectivity index (χ3n) is 9.76. The number of ether oxygens (including phenoxy) is 2. The molecule has 6 rings (SSSR count). The molecular weight excluding hydrogens is 716 g/mol. The molecule has 3 fully saturated rings. The fourth-order valence-corrected chi connectivity index (χ4v) is 7.99. The van der Waals surface area contributed by atoms with Crippen LogP contribution in [0.4, 0.5) is 4.79 Å². The molecule has 0 unspecified atom stereocenters. The second-order valence-electron chi connectivity index (χ2n) is 13.6. The van der Waals surface area contributed by atoms with E-state index in [-0.39, 0.29) is 36.7 Å². The standard InChI is InChI=1S/C36H45ClN4O10S/c37-29-8-7-25(52(48,49)41-15-10-23(11-16-41)40-35(47)39-19-30(43)33(45)34(46)31(44)20-42)17-22(29)21-50-36(12-13-36)28-18-38-14-9-26(28)27-3-1-2-4-32(27)51-24-5-6-24/h1-4,7-9,14,17-18,23-24,30-31,33-34,42-46H,5-6,10-13,15-16,19-21H2,(H2,39,40,47)/t30-,31+,33+,34+/m0/s1. The Morgan fingerprint density at radius 1 is 0.981 bits per heavy atom. The van der Waals surface area contributed by atoms with E-state index in [1.807, 2.05) is 36.5 Å². The number of sulfonamides is 1. The van der Waals surface area contributed by atoms with E-state index in [0.717, 1.165) is 48.1 Å². The number of benzene rings is 2. The van der Waals surface area contributed by atoms with Crippen LogP contribution in [0.3, 0.4) is 0 Å². The van der Waals surface area contributed by atoms with Crippen LogP contribution in [0.5, 0.6) is 5.75 Å². The van der Waals surface area contributed by atoms with Gasteiger partial charge in [-0.2, -0.15) is 4.31 Å². The summed E-state index contributed by atoms with van der Waals surface area (Å²) in [7, 11) is -3.90. The first-order valence-electron chi connectivity index (χ1n) is 17.4. The minimum atomic E-state index is -3.90. The number of amides is 2. The van der Waals surface area contributed by atoms with Crippen LogP contribution in [0.2, 0.25) is 5.02 Å². The number of pyridine rings is 1. The number of hydrogen-bond donors (Lipinski definition) is 7. The Morgan fingerprint density at radius 2 is 1.69 bits per heavy atom. The number of nitrogens with one attached hydrogen (secondary N) is 2. The number of halogens is 1. The Kier molecular flexibility index (Phi) is 12.0. The average Bonchev–Trinajstić information content (AvgIpc) is 4.10. The van der Waals surface area contributed by atoms with E-state index in [9.17, 15) is 33.6 Å². The molecular formula is C36H45ClN4O10S. The molecule has 0 bridgehead atoms. The molecule has 2 aromatic carbocycles. The summed E-state index contributed by atoms with van der Waals surface area (Å²) < 4.78 is 41.5. The fraction of sp³-hybridized carbons (Fsp3) is 0.500. The zero-order valence-electron chi connectivity index (χ0n) is 28.5. The molecule has 16 heteroatoms. The van der Waals surface area contributed by atoms with Gasteiger partial charge in [-0.3, -0.25) is 4.98 Å². The van der Waals surface area contributed by atoms with Crippen LogP contribution in [-0.2, 0) is 27.0 Å². The van der Waals surface area contributed by atoms with Crippen molar-refractivity contribution in [2.24, 2.45) is 0 Å². The summed E-state index contributed by atoms with van der Waals surface area (Å²) >= 11 is 6.57. The zero-order chi connectivity index (χ0) is 37.0. The smallest absolute Gasteiger partial charge is 0.315 e. The van der Waals surface area contributed by atoms with Gasteiger partial charge in [0.05, 0.1) is 35.9 Å². The monoisotopic (exact) mass is 760 g/mol. The van der Waals surface area contributed by atoms with Crippen LogP contribution in [-0.4, -0.2) is 112 Å². The van der Waals surface area contributed by atoms with Crippen LogP contribution in [0.1, 0.15) is 49.7 Å². The Morgan fingerprint density at radius 3 is 2.38 bits per heavy atom. The van der Waals surface area contributed by atoms with Crippen molar-refractivity contribution in [2.45, 2.75) is 92.2 Å². The maximum atomic E-state index is 13.7. The minimum absolute atomic E-state index is 0.0822. The number of nitrogens with zero attached hydrogens (tertiary/aromatic N) is 2. The molecule has 0 radical (unpaired) electrons. The number of hydrogen-bond acceptors (Lipinski definition) is 11. The molecule has 3 aromatic rings. The molecule has 1 aliphatic heterocycles. The highest BCUT2D eigenvalue weighted by Gasteiger charge is 2.48. The lowest BCUT2D eigenvalue weighted by Crippen LogP contribution is -2.53. The van der Waals surface area contributed by atoms with Gasteiger partial charge in [0, 0.05) is 54.2 Å². The highest BCUT2D eigenvalue weighted by atomic mass is 35.5. The summed E-state index contributed by atoms with van der Waals surface area (Å²) in [6.07, 6.45) is 1.22. The van der Waals surface area contributed by atoms with Gasteiger partial charge in [0.15, 0.2) is 0 Å². The minimum Gasteiger partial charge on any atom is -0.490 e. The Labute approximate surface area is 307 Å². The highest BCUT2D eigenvalue weighted by Crippen LogP contribution is 2.53. The maximum Gasteiger partial charge on any atom is 0.315 e. The lowest BCUT2D eigenvalue weighted by atomic mass is 9.96. The molecule has 7 N–H and O–H groups in total. The van der Waals surface area contributed by atoms with Gasteiger partial charge in [0.2, 0.25) is 10.0 Å². The summed E-state index contributed by atoms with van der Waals surface area (Å²) in [4.78, 5) is 16.9. The molecule has 2 heterocycles. The van der Waals surface area contributed by atoms with E-state index >= 15 is 0 Å². The van der Waals surface area contributed by atoms with Crippen LogP contribution >= 0.6 is 11.6 Å². The van der Waals surface area contributed by atoms with Gasteiger partial charge in [0.25, 0.3) is 0 Å². The van der Waals surface area contributed by atoms with Gasteiger partial charge in [-0.25, -0.2) is 13.2 Å². The number of aromatic nitrogens is 1. The van der Waals surface area contributed by atoms with Crippen molar-refractivity contribution < 1.29 is 48.2 Å². The maximum absolute atomic E-state index is 13.7. The zero-order valence-corrected chi connectivity index (χ0v) is 30.0. The number of rotatable bonds is 16. The molecule has 52 heavy (non-hydrogen) atoms. The van der Waals surface area contributed by atoms with Gasteiger partial charge >= 0.3 is 6.03 Å². The van der Waals surface area contributed by atoms with E-state index in [0.29, 0.717) is 23.4 Å². The Bertz CT molecular complexity index is 1820. The number of carbonyl (C=O) groups excluding carboxylic acids is 1. The van der Waals surface area contributed by atoms with E-state index in [4.69, 9.17) is 26.2 Å². The summed E-state index contributed by atoms with van der Waals surface area (Å²) in [5.41, 5.74) is 2.83. The molecule has 2 aliphatic carbocycles. The van der Waals surface area contributed by atoms with Crippen LogP contribution in [0, 0.1) is 0 Å². The number of aliphatic hydroxyl groups is 5. The van der Waals surface area contributed by atoms with Crippen molar-refractivity contribution >= 4 is 27.7 Å². The molecule has 4 atom stereocenters. The quantitative estimate of drug-likeness (QED) is 0.112. The van der Waals surface area contributed by atoms with Gasteiger partial charge in [-0.05, 0) is 80.0 Å². The lowest BCUT2D eigenvalue weighted by Gasteiger charge is -2.32. The normalized spacial score (nSPS) is 20.0. The van der Waals surface area contributed by atoms with Crippen LogP contribution < -0.4 is 15.4 Å². The van der Waals surface area contributed by atoms with Crippen molar-refractivity contribution in [3.05, 3.63) is 77.1 Å². The van der Waals surface area contributed by atoms with Crippen LogP contribution in [0.25, 0.3) is 11.1 Å². The van der Waals surface area contributed by atoms with Crippen molar-refractivity contribution in [2.75, 3.05) is 26.2 Å². The second kappa shape index (κ2) is 16.3. The third-order valence-corrected chi connectivity index (χ3v) is 12.0. The SMILES string of the molecule is O=C(NC[C@H](O)[C@@H](O)[C@H](O)[C@H](O)CO)NC1CCN(S(=O)(=O)c2ccc(Cl)c(COC3(c4cnccc4-c4ccccc4OC4CC4)CC3)c2)CC1. The predicted octanol–water partition coefficient (Wildman–Crippen LogP) is 2.04. The van der Waals surface area contributed by atoms with E-state index in [1.165, 1.54) is 10.4 Å².